The average Bonchev–Trinajstić information content (AvgIpc) is 3.47. The molecule has 0 spiro atoms. The van der Waals surface area contributed by atoms with Gasteiger partial charge < -0.3 is 9.88 Å². The normalized spacial score (nSPS) is 11.9. The van der Waals surface area contributed by atoms with Crippen LogP contribution >= 0.6 is 11.6 Å². The summed E-state index contributed by atoms with van der Waals surface area (Å²) in [6, 6.07) is 19.2. The van der Waals surface area contributed by atoms with Gasteiger partial charge in [-0.25, -0.2) is 0 Å². The van der Waals surface area contributed by atoms with Crippen molar-refractivity contribution in [1.82, 2.24) is 25.2 Å². The van der Waals surface area contributed by atoms with Gasteiger partial charge in [0.1, 0.15) is 0 Å². The molecule has 2 aromatic heterocycles. The van der Waals surface area contributed by atoms with Crippen molar-refractivity contribution in [3.05, 3.63) is 95.0 Å². The van der Waals surface area contributed by atoms with Crippen LogP contribution in [0.2, 0.25) is 5.02 Å². The second kappa shape index (κ2) is 9.37. The molecule has 0 saturated heterocycles. The fourth-order valence-corrected chi connectivity index (χ4v) is 3.45. The summed E-state index contributed by atoms with van der Waals surface area (Å²) in [7, 11) is 0. The highest BCUT2D eigenvalue weighted by molar-refractivity contribution is 6.30. The molecule has 1 unspecified atom stereocenters. The Bertz CT molecular complexity index is 1060. The van der Waals surface area contributed by atoms with Crippen molar-refractivity contribution < 1.29 is 4.79 Å². The van der Waals surface area contributed by atoms with Gasteiger partial charge in [-0.1, -0.05) is 41.1 Å². The third-order valence-electron chi connectivity index (χ3n) is 4.89. The summed E-state index contributed by atoms with van der Waals surface area (Å²) in [5, 5.41) is 17.6. The molecule has 0 saturated carbocycles. The van der Waals surface area contributed by atoms with E-state index in [9.17, 15) is 4.79 Å². The first kappa shape index (κ1) is 19.8. The molecule has 0 bridgehead atoms. The number of hydrogen-bond acceptors (Lipinski definition) is 4. The van der Waals surface area contributed by atoms with Crippen LogP contribution < -0.4 is 5.32 Å². The standard InChI is InChI=1S/C22H21ClN6O/c23-18-8-6-17(7-9-18)20(29-13-1-2-14-29)15-22(30)24-19-10-3-16(4-11-19)5-12-21-25-27-28-26-21/h1-4,6-11,13-14,20H,5,12,15H2,(H,24,30)(H,25,26,27,28). The molecule has 0 radical (unpaired) electrons. The van der Waals surface area contributed by atoms with E-state index < -0.39 is 0 Å². The van der Waals surface area contributed by atoms with E-state index in [1.807, 2.05) is 77.6 Å². The van der Waals surface area contributed by atoms with Gasteiger partial charge in [-0.2, -0.15) is 5.21 Å². The van der Waals surface area contributed by atoms with Crippen molar-refractivity contribution in [3.63, 3.8) is 0 Å². The molecule has 0 aliphatic heterocycles. The summed E-state index contributed by atoms with van der Waals surface area (Å²) in [6.45, 7) is 0. The Morgan fingerprint density at radius 3 is 2.43 bits per heavy atom. The van der Waals surface area contributed by atoms with Crippen LogP contribution in [0.25, 0.3) is 0 Å². The highest BCUT2D eigenvalue weighted by atomic mass is 35.5. The molecule has 8 heteroatoms. The maximum Gasteiger partial charge on any atom is 0.226 e. The van der Waals surface area contributed by atoms with Gasteiger partial charge in [-0.05, 0) is 53.9 Å². The van der Waals surface area contributed by atoms with E-state index >= 15 is 0 Å². The predicted octanol–water partition coefficient (Wildman–Crippen LogP) is 4.06. The van der Waals surface area contributed by atoms with Gasteiger partial charge in [0, 0.05) is 29.5 Å². The number of H-pyrrole nitrogens is 1. The van der Waals surface area contributed by atoms with E-state index in [0.717, 1.165) is 23.2 Å². The molecule has 30 heavy (non-hydrogen) atoms. The number of aryl methyl sites for hydroxylation is 2. The number of nitrogens with one attached hydrogen (secondary N) is 2. The number of carbonyl (C=O) groups excluding carboxylic acids is 1. The molecule has 1 amide bonds. The molecule has 1 atom stereocenters. The van der Waals surface area contributed by atoms with Crippen molar-refractivity contribution in [3.8, 4) is 0 Å². The number of aromatic amines is 1. The zero-order valence-electron chi connectivity index (χ0n) is 16.2. The average molecular weight is 421 g/mol. The topological polar surface area (TPSA) is 88.5 Å². The van der Waals surface area contributed by atoms with Crippen LogP contribution in [0, 0.1) is 0 Å². The van der Waals surface area contributed by atoms with Crippen molar-refractivity contribution in [2.75, 3.05) is 5.32 Å². The molecular formula is C22H21ClN6O. The number of nitrogens with zero attached hydrogens (tertiary/aromatic N) is 4. The molecule has 0 fully saturated rings. The van der Waals surface area contributed by atoms with E-state index in [4.69, 9.17) is 11.6 Å². The van der Waals surface area contributed by atoms with Crippen LogP contribution in [0.4, 0.5) is 5.69 Å². The molecule has 2 N–H and O–H groups in total. The summed E-state index contributed by atoms with van der Waals surface area (Å²) >= 11 is 6.02. The van der Waals surface area contributed by atoms with Crippen LogP contribution in [0.15, 0.2) is 73.1 Å². The van der Waals surface area contributed by atoms with Crippen molar-refractivity contribution >= 4 is 23.2 Å². The number of benzene rings is 2. The highest BCUT2D eigenvalue weighted by Crippen LogP contribution is 2.25. The van der Waals surface area contributed by atoms with Crippen LogP contribution in [0.5, 0.6) is 0 Å². The summed E-state index contributed by atoms with van der Waals surface area (Å²) < 4.78 is 2.03. The first-order valence-corrected chi connectivity index (χ1v) is 10.0. The molecule has 0 aliphatic rings. The quantitative estimate of drug-likeness (QED) is 0.450. The highest BCUT2D eigenvalue weighted by Gasteiger charge is 2.17. The van der Waals surface area contributed by atoms with Crippen LogP contribution in [-0.2, 0) is 17.6 Å². The number of carbonyl (C=O) groups is 1. The number of hydrogen-bond donors (Lipinski definition) is 2. The first-order chi connectivity index (χ1) is 14.7. The second-order valence-corrected chi connectivity index (χ2v) is 7.41. The minimum Gasteiger partial charge on any atom is -0.346 e. The number of anilines is 1. The summed E-state index contributed by atoms with van der Waals surface area (Å²) in [4.78, 5) is 12.7. The molecule has 4 rings (SSSR count). The van der Waals surface area contributed by atoms with Crippen molar-refractivity contribution in [2.45, 2.75) is 25.3 Å². The number of tetrazole rings is 1. The summed E-state index contributed by atoms with van der Waals surface area (Å²) in [5.74, 6) is 0.633. The molecule has 152 valence electrons. The molecule has 2 aromatic carbocycles. The molecule has 7 nitrogen and oxygen atoms in total. The van der Waals surface area contributed by atoms with E-state index in [1.165, 1.54) is 0 Å². The zero-order chi connectivity index (χ0) is 20.8. The third kappa shape index (κ3) is 5.12. The Labute approximate surface area is 179 Å². The van der Waals surface area contributed by atoms with E-state index in [2.05, 4.69) is 25.9 Å². The Morgan fingerprint density at radius 2 is 1.77 bits per heavy atom. The minimum absolute atomic E-state index is 0.0526. The largest absolute Gasteiger partial charge is 0.346 e. The van der Waals surface area contributed by atoms with Gasteiger partial charge in [-0.3, -0.25) is 4.79 Å². The number of amides is 1. The molecular weight excluding hydrogens is 400 g/mol. The SMILES string of the molecule is O=C(CC(c1ccc(Cl)cc1)n1cccc1)Nc1ccc(CCc2nn[nH]n2)cc1. The maximum absolute atomic E-state index is 12.7. The maximum atomic E-state index is 12.7. The number of rotatable bonds is 8. The molecule has 0 aliphatic carbocycles. The Balaban J connectivity index is 1.39. The van der Waals surface area contributed by atoms with Crippen LogP contribution in [-0.4, -0.2) is 31.1 Å². The lowest BCUT2D eigenvalue weighted by Gasteiger charge is -2.19. The summed E-state index contributed by atoms with van der Waals surface area (Å²) in [5.41, 5.74) is 2.94. The van der Waals surface area contributed by atoms with Gasteiger partial charge in [0.25, 0.3) is 0 Å². The first-order valence-electron chi connectivity index (χ1n) is 9.66. The van der Waals surface area contributed by atoms with Gasteiger partial charge in [0.2, 0.25) is 5.91 Å². The zero-order valence-corrected chi connectivity index (χ0v) is 17.0. The fourth-order valence-electron chi connectivity index (χ4n) is 3.32. The molecule has 2 heterocycles. The van der Waals surface area contributed by atoms with E-state index in [-0.39, 0.29) is 11.9 Å². The van der Waals surface area contributed by atoms with Gasteiger partial charge in [0.05, 0.1) is 12.5 Å². The number of halogens is 1. The van der Waals surface area contributed by atoms with E-state index in [1.54, 1.807) is 0 Å². The van der Waals surface area contributed by atoms with Crippen molar-refractivity contribution in [2.24, 2.45) is 0 Å². The monoisotopic (exact) mass is 420 g/mol. The van der Waals surface area contributed by atoms with Crippen LogP contribution in [0.1, 0.15) is 29.4 Å². The van der Waals surface area contributed by atoms with E-state index in [0.29, 0.717) is 23.7 Å². The third-order valence-corrected chi connectivity index (χ3v) is 5.14. The Morgan fingerprint density at radius 1 is 1.03 bits per heavy atom. The van der Waals surface area contributed by atoms with Gasteiger partial charge in [0.15, 0.2) is 5.82 Å². The lowest BCUT2D eigenvalue weighted by Crippen LogP contribution is -2.19. The van der Waals surface area contributed by atoms with Gasteiger partial charge in [-0.15, -0.1) is 10.2 Å². The minimum atomic E-state index is -0.105. The van der Waals surface area contributed by atoms with Crippen LogP contribution in [0.3, 0.4) is 0 Å². The lowest BCUT2D eigenvalue weighted by atomic mass is 10.0. The second-order valence-electron chi connectivity index (χ2n) is 6.97. The predicted molar refractivity (Wildman–Crippen MR) is 115 cm³/mol. The summed E-state index contributed by atoms with van der Waals surface area (Å²) in [6.07, 6.45) is 5.76. The molecule has 4 aromatic rings. The lowest BCUT2D eigenvalue weighted by molar-refractivity contribution is -0.116. The fraction of sp³-hybridized carbons (Fsp3) is 0.182. The van der Waals surface area contributed by atoms with Gasteiger partial charge >= 0.3 is 0 Å². The smallest absolute Gasteiger partial charge is 0.226 e. The van der Waals surface area contributed by atoms with Crippen molar-refractivity contribution in [1.29, 1.82) is 0 Å². The Hall–Kier alpha value is -3.45. The number of aromatic nitrogens is 5. The Kier molecular flexibility index (Phi) is 6.20.